The van der Waals surface area contributed by atoms with E-state index >= 15 is 0 Å². The first-order valence-corrected chi connectivity index (χ1v) is 9.69. The van der Waals surface area contributed by atoms with E-state index in [9.17, 15) is 14.4 Å². The zero-order valence-electron chi connectivity index (χ0n) is 13.6. The predicted octanol–water partition coefficient (Wildman–Crippen LogP) is 0.765. The molecule has 7 heteroatoms. The Morgan fingerprint density at radius 2 is 1.83 bits per heavy atom. The lowest BCUT2D eigenvalue weighted by atomic mass is 9.85. The van der Waals surface area contributed by atoms with E-state index in [1.165, 1.54) is 31.0 Å². The average Bonchev–Trinajstić information content (AvgIpc) is 2.47. The van der Waals surface area contributed by atoms with E-state index in [1.54, 1.807) is 0 Å². The van der Waals surface area contributed by atoms with Crippen LogP contribution in [0.15, 0.2) is 0 Å². The summed E-state index contributed by atoms with van der Waals surface area (Å²) in [6, 6.07) is 0. The van der Waals surface area contributed by atoms with Crippen molar-refractivity contribution in [1.29, 1.82) is 0 Å². The summed E-state index contributed by atoms with van der Waals surface area (Å²) in [7, 11) is 0. The summed E-state index contributed by atoms with van der Waals surface area (Å²) in [4.78, 5) is 36.7. The zero-order valence-corrected chi connectivity index (χ0v) is 14.5. The summed E-state index contributed by atoms with van der Waals surface area (Å²) >= 11 is 1.33. The van der Waals surface area contributed by atoms with Crippen molar-refractivity contribution < 1.29 is 14.4 Å². The van der Waals surface area contributed by atoms with Crippen molar-refractivity contribution in [2.75, 3.05) is 37.7 Å². The second-order valence-electron chi connectivity index (χ2n) is 6.28. The number of carbonyl (C=O) groups excluding carboxylic acids is 3. The molecular formula is C16H27N3O3S. The Hall–Kier alpha value is -1.24. The molecule has 2 rings (SSSR count). The number of carbonyl (C=O) groups is 3. The molecule has 0 spiro atoms. The Balaban J connectivity index is 1.46. The van der Waals surface area contributed by atoms with Crippen molar-refractivity contribution >= 4 is 29.5 Å². The molecule has 0 aromatic rings. The molecule has 0 bridgehead atoms. The zero-order chi connectivity index (χ0) is 16.5. The van der Waals surface area contributed by atoms with Gasteiger partial charge in [0.15, 0.2) is 0 Å². The van der Waals surface area contributed by atoms with E-state index in [0.717, 1.165) is 25.9 Å². The third-order valence-electron chi connectivity index (χ3n) is 4.40. The molecule has 3 amide bonds. The van der Waals surface area contributed by atoms with E-state index in [-0.39, 0.29) is 23.5 Å². The van der Waals surface area contributed by atoms with Crippen molar-refractivity contribution in [3.8, 4) is 0 Å². The third-order valence-corrected chi connectivity index (χ3v) is 5.34. The Bertz CT molecular complexity index is 427. The van der Waals surface area contributed by atoms with Gasteiger partial charge in [0, 0.05) is 32.6 Å². The van der Waals surface area contributed by atoms with Gasteiger partial charge in [0.05, 0.1) is 11.5 Å². The van der Waals surface area contributed by atoms with Gasteiger partial charge in [-0.3, -0.25) is 14.4 Å². The van der Waals surface area contributed by atoms with Crippen LogP contribution < -0.4 is 10.6 Å². The van der Waals surface area contributed by atoms with Crippen LogP contribution in [0.25, 0.3) is 0 Å². The van der Waals surface area contributed by atoms with Gasteiger partial charge in [0.25, 0.3) is 0 Å². The Morgan fingerprint density at radius 3 is 2.48 bits per heavy atom. The molecule has 23 heavy (non-hydrogen) atoms. The van der Waals surface area contributed by atoms with Crippen LogP contribution in [0.5, 0.6) is 0 Å². The number of thioether (sulfide) groups is 1. The fraction of sp³-hybridized carbons (Fsp3) is 0.812. The van der Waals surface area contributed by atoms with Gasteiger partial charge < -0.3 is 15.5 Å². The molecule has 1 heterocycles. The standard InChI is InChI=1S/C16H27N3O3S/c20-14(17-7-9-19-8-2-1-6-16(19)22)11-23-12-15(21)18-10-13-4-3-5-13/h13H,1-12H2,(H,17,20)(H,18,21). The van der Waals surface area contributed by atoms with Gasteiger partial charge in [0.2, 0.25) is 17.7 Å². The van der Waals surface area contributed by atoms with Crippen molar-refractivity contribution in [1.82, 2.24) is 15.5 Å². The van der Waals surface area contributed by atoms with Crippen LogP contribution in [0.4, 0.5) is 0 Å². The van der Waals surface area contributed by atoms with E-state index < -0.39 is 0 Å². The summed E-state index contributed by atoms with van der Waals surface area (Å²) in [6.07, 6.45) is 6.36. The second kappa shape index (κ2) is 9.80. The van der Waals surface area contributed by atoms with Crippen LogP contribution in [-0.4, -0.2) is 60.3 Å². The van der Waals surface area contributed by atoms with Crippen LogP contribution in [0.3, 0.4) is 0 Å². The van der Waals surface area contributed by atoms with Gasteiger partial charge >= 0.3 is 0 Å². The van der Waals surface area contributed by atoms with Crippen molar-refractivity contribution in [3.05, 3.63) is 0 Å². The molecule has 2 N–H and O–H groups in total. The number of amides is 3. The smallest absolute Gasteiger partial charge is 0.230 e. The van der Waals surface area contributed by atoms with Crippen molar-refractivity contribution in [3.63, 3.8) is 0 Å². The van der Waals surface area contributed by atoms with E-state index in [4.69, 9.17) is 0 Å². The largest absolute Gasteiger partial charge is 0.355 e. The van der Waals surface area contributed by atoms with Gasteiger partial charge in [0.1, 0.15) is 0 Å². The van der Waals surface area contributed by atoms with Gasteiger partial charge in [-0.15, -0.1) is 11.8 Å². The number of rotatable bonds is 9. The molecular weight excluding hydrogens is 314 g/mol. The number of piperidine rings is 1. The fourth-order valence-corrected chi connectivity index (χ4v) is 3.40. The number of nitrogens with one attached hydrogen (secondary N) is 2. The van der Waals surface area contributed by atoms with E-state index in [1.807, 2.05) is 4.90 Å². The molecule has 2 aliphatic rings. The molecule has 1 saturated carbocycles. The maximum absolute atomic E-state index is 11.7. The van der Waals surface area contributed by atoms with Crippen LogP contribution in [0.2, 0.25) is 0 Å². The minimum absolute atomic E-state index is 0.00798. The molecule has 1 aliphatic heterocycles. The number of likely N-dealkylation sites (tertiary alicyclic amines) is 1. The minimum atomic E-state index is -0.0775. The Kier molecular flexibility index (Phi) is 7.71. The number of hydrogen-bond acceptors (Lipinski definition) is 4. The third kappa shape index (κ3) is 6.81. The summed E-state index contributed by atoms with van der Waals surface area (Å²) in [5.41, 5.74) is 0. The van der Waals surface area contributed by atoms with Crippen molar-refractivity contribution in [2.24, 2.45) is 5.92 Å². The number of hydrogen-bond donors (Lipinski definition) is 2. The second-order valence-corrected chi connectivity index (χ2v) is 7.27. The Labute approximate surface area is 142 Å². The van der Waals surface area contributed by atoms with Crippen LogP contribution in [0.1, 0.15) is 38.5 Å². The fourth-order valence-electron chi connectivity index (χ4n) is 2.72. The first-order valence-electron chi connectivity index (χ1n) is 8.54. The molecule has 1 aliphatic carbocycles. The highest BCUT2D eigenvalue weighted by Crippen LogP contribution is 2.25. The monoisotopic (exact) mass is 341 g/mol. The first kappa shape index (κ1) is 18.1. The maximum Gasteiger partial charge on any atom is 0.230 e. The molecule has 1 saturated heterocycles. The normalized spacial score (nSPS) is 18.4. The summed E-state index contributed by atoms with van der Waals surface area (Å²) < 4.78 is 0. The molecule has 130 valence electrons. The lowest BCUT2D eigenvalue weighted by molar-refractivity contribution is -0.133. The van der Waals surface area contributed by atoms with Gasteiger partial charge in [-0.1, -0.05) is 6.42 Å². The van der Waals surface area contributed by atoms with E-state index in [0.29, 0.717) is 31.2 Å². The van der Waals surface area contributed by atoms with Crippen LogP contribution >= 0.6 is 11.8 Å². The SMILES string of the molecule is O=C(CSCC(=O)NCC1CCC1)NCCN1CCCCC1=O. The van der Waals surface area contributed by atoms with Gasteiger partial charge in [-0.05, 0) is 31.6 Å². The molecule has 0 aromatic carbocycles. The maximum atomic E-state index is 11.7. The van der Waals surface area contributed by atoms with Crippen LogP contribution in [0, 0.1) is 5.92 Å². The minimum Gasteiger partial charge on any atom is -0.355 e. The summed E-state index contributed by atoms with van der Waals surface area (Å²) in [5.74, 6) is 1.38. The molecule has 0 aromatic heterocycles. The number of nitrogens with zero attached hydrogens (tertiary/aromatic N) is 1. The topological polar surface area (TPSA) is 78.5 Å². The lowest BCUT2D eigenvalue weighted by Crippen LogP contribution is -2.41. The molecule has 2 fully saturated rings. The molecule has 6 nitrogen and oxygen atoms in total. The quantitative estimate of drug-likeness (QED) is 0.649. The Morgan fingerprint density at radius 1 is 1.09 bits per heavy atom. The summed E-state index contributed by atoms with van der Waals surface area (Å²) in [5, 5.41) is 5.72. The van der Waals surface area contributed by atoms with Gasteiger partial charge in [-0.25, -0.2) is 0 Å². The molecule has 0 radical (unpaired) electrons. The lowest BCUT2D eigenvalue weighted by Gasteiger charge is -2.26. The van der Waals surface area contributed by atoms with Gasteiger partial charge in [-0.2, -0.15) is 0 Å². The summed E-state index contributed by atoms with van der Waals surface area (Å²) in [6.45, 7) is 2.64. The highest BCUT2D eigenvalue weighted by Gasteiger charge is 2.18. The molecule has 0 atom stereocenters. The highest BCUT2D eigenvalue weighted by atomic mass is 32.2. The van der Waals surface area contributed by atoms with E-state index in [2.05, 4.69) is 10.6 Å². The predicted molar refractivity (Wildman–Crippen MR) is 91.1 cm³/mol. The van der Waals surface area contributed by atoms with Crippen molar-refractivity contribution in [2.45, 2.75) is 38.5 Å². The average molecular weight is 341 g/mol. The first-order chi connectivity index (χ1) is 11.1. The highest BCUT2D eigenvalue weighted by molar-refractivity contribution is 8.00. The molecule has 0 unspecified atom stereocenters. The van der Waals surface area contributed by atoms with Crippen LogP contribution in [-0.2, 0) is 14.4 Å².